The second-order valence-electron chi connectivity index (χ2n) is 5.58. The highest BCUT2D eigenvalue weighted by Crippen LogP contribution is 2.35. The van der Waals surface area contributed by atoms with E-state index >= 15 is 0 Å². The van der Waals surface area contributed by atoms with Gasteiger partial charge in [-0.2, -0.15) is 0 Å². The van der Waals surface area contributed by atoms with Gasteiger partial charge in [0.1, 0.15) is 5.82 Å². The van der Waals surface area contributed by atoms with E-state index in [1.165, 1.54) is 12.5 Å². The zero-order valence-corrected chi connectivity index (χ0v) is 9.98. The molecule has 2 aliphatic rings. The summed E-state index contributed by atoms with van der Waals surface area (Å²) in [5.41, 5.74) is 7.08. The van der Waals surface area contributed by atoms with E-state index in [4.69, 9.17) is 5.73 Å². The van der Waals surface area contributed by atoms with Gasteiger partial charge in [0.2, 0.25) is 0 Å². The molecule has 2 fully saturated rings. The molecule has 2 nitrogen and oxygen atoms in total. The Kier molecular flexibility index (Phi) is 2.79. The fourth-order valence-electron chi connectivity index (χ4n) is 3.50. The first-order chi connectivity index (χ1) is 8.20. The minimum absolute atomic E-state index is 0.144. The number of anilines is 1. The van der Waals surface area contributed by atoms with E-state index < -0.39 is 0 Å². The maximum Gasteiger partial charge on any atom is 0.125 e. The van der Waals surface area contributed by atoms with Gasteiger partial charge in [-0.15, -0.1) is 0 Å². The summed E-state index contributed by atoms with van der Waals surface area (Å²) in [5, 5.41) is 0. The molecule has 1 saturated carbocycles. The SMILES string of the molecule is NC1CC2CC(C1)CN(c1cccc(F)c1)C2. The van der Waals surface area contributed by atoms with E-state index in [1.54, 1.807) is 12.1 Å². The molecule has 0 radical (unpaired) electrons. The lowest BCUT2D eigenvalue weighted by Crippen LogP contribution is -2.47. The van der Waals surface area contributed by atoms with Crippen molar-refractivity contribution >= 4 is 5.69 Å². The van der Waals surface area contributed by atoms with Crippen molar-refractivity contribution in [2.45, 2.75) is 25.3 Å². The maximum absolute atomic E-state index is 13.2. The summed E-state index contributed by atoms with van der Waals surface area (Å²) in [6, 6.07) is 7.32. The molecular formula is C14H19FN2. The largest absolute Gasteiger partial charge is 0.371 e. The van der Waals surface area contributed by atoms with Crippen LogP contribution in [0, 0.1) is 17.7 Å². The number of halogens is 1. The van der Waals surface area contributed by atoms with Crippen molar-refractivity contribution in [2.75, 3.05) is 18.0 Å². The molecule has 1 saturated heterocycles. The van der Waals surface area contributed by atoms with Crippen LogP contribution in [0.3, 0.4) is 0 Å². The van der Waals surface area contributed by atoms with Gasteiger partial charge in [0.05, 0.1) is 0 Å². The molecule has 1 aliphatic heterocycles. The van der Waals surface area contributed by atoms with Gasteiger partial charge in [0.15, 0.2) is 0 Å². The zero-order valence-electron chi connectivity index (χ0n) is 9.98. The van der Waals surface area contributed by atoms with Crippen LogP contribution in [0.15, 0.2) is 24.3 Å². The fraction of sp³-hybridized carbons (Fsp3) is 0.571. The summed E-state index contributed by atoms with van der Waals surface area (Å²) >= 11 is 0. The average Bonchev–Trinajstić information content (AvgIpc) is 2.27. The molecule has 2 atom stereocenters. The highest BCUT2D eigenvalue weighted by molar-refractivity contribution is 5.47. The molecule has 17 heavy (non-hydrogen) atoms. The van der Waals surface area contributed by atoms with Crippen LogP contribution in [0.2, 0.25) is 0 Å². The van der Waals surface area contributed by atoms with Crippen molar-refractivity contribution in [1.29, 1.82) is 0 Å². The monoisotopic (exact) mass is 234 g/mol. The molecule has 2 unspecified atom stereocenters. The van der Waals surface area contributed by atoms with Gasteiger partial charge in [-0.1, -0.05) is 6.07 Å². The predicted molar refractivity (Wildman–Crippen MR) is 67.4 cm³/mol. The highest BCUT2D eigenvalue weighted by Gasteiger charge is 2.33. The van der Waals surface area contributed by atoms with Gasteiger partial charge >= 0.3 is 0 Å². The van der Waals surface area contributed by atoms with E-state index in [9.17, 15) is 4.39 Å². The number of nitrogens with zero attached hydrogens (tertiary/aromatic N) is 1. The number of hydrogen-bond donors (Lipinski definition) is 1. The van der Waals surface area contributed by atoms with Crippen molar-refractivity contribution in [3.63, 3.8) is 0 Å². The van der Waals surface area contributed by atoms with E-state index in [0.29, 0.717) is 17.9 Å². The Morgan fingerprint density at radius 1 is 1.12 bits per heavy atom. The third-order valence-corrected chi connectivity index (χ3v) is 4.07. The van der Waals surface area contributed by atoms with E-state index in [-0.39, 0.29) is 5.82 Å². The number of fused-ring (bicyclic) bond motifs is 2. The summed E-state index contributed by atoms with van der Waals surface area (Å²) in [7, 11) is 0. The minimum atomic E-state index is -0.144. The quantitative estimate of drug-likeness (QED) is 0.808. The minimum Gasteiger partial charge on any atom is -0.371 e. The van der Waals surface area contributed by atoms with E-state index in [2.05, 4.69) is 4.90 Å². The normalized spacial score (nSPS) is 32.6. The Labute approximate surface area is 102 Å². The molecular weight excluding hydrogens is 215 g/mol. The molecule has 1 aromatic rings. The fourth-order valence-corrected chi connectivity index (χ4v) is 3.50. The van der Waals surface area contributed by atoms with Crippen LogP contribution in [-0.2, 0) is 0 Å². The van der Waals surface area contributed by atoms with Crippen LogP contribution in [0.1, 0.15) is 19.3 Å². The second-order valence-corrected chi connectivity index (χ2v) is 5.58. The second kappa shape index (κ2) is 4.30. The van der Waals surface area contributed by atoms with Crippen LogP contribution in [0.25, 0.3) is 0 Å². The summed E-state index contributed by atoms with van der Waals surface area (Å²) in [6.45, 7) is 2.07. The van der Waals surface area contributed by atoms with Crippen LogP contribution < -0.4 is 10.6 Å². The first-order valence-electron chi connectivity index (χ1n) is 6.47. The Morgan fingerprint density at radius 3 is 2.47 bits per heavy atom. The standard InChI is InChI=1S/C14H19FN2/c15-12-2-1-3-14(7-12)17-8-10-4-11(9-17)6-13(16)5-10/h1-3,7,10-11,13H,4-6,8-9,16H2. The molecule has 0 aromatic heterocycles. The molecule has 0 amide bonds. The molecule has 1 heterocycles. The van der Waals surface area contributed by atoms with Crippen molar-refractivity contribution in [3.8, 4) is 0 Å². The van der Waals surface area contributed by atoms with E-state index in [0.717, 1.165) is 31.6 Å². The zero-order chi connectivity index (χ0) is 11.8. The molecule has 1 aromatic carbocycles. The van der Waals surface area contributed by atoms with Crippen LogP contribution in [0.4, 0.5) is 10.1 Å². The van der Waals surface area contributed by atoms with Gasteiger partial charge in [-0.25, -0.2) is 4.39 Å². The molecule has 3 rings (SSSR count). The highest BCUT2D eigenvalue weighted by atomic mass is 19.1. The Morgan fingerprint density at radius 2 is 1.82 bits per heavy atom. The number of piperidine rings is 1. The van der Waals surface area contributed by atoms with Crippen LogP contribution in [0.5, 0.6) is 0 Å². The first-order valence-corrected chi connectivity index (χ1v) is 6.47. The summed E-state index contributed by atoms with van der Waals surface area (Å²) in [6.07, 6.45) is 3.56. The molecule has 2 N–H and O–H groups in total. The van der Waals surface area contributed by atoms with Gasteiger partial charge in [0.25, 0.3) is 0 Å². The molecule has 0 spiro atoms. The topological polar surface area (TPSA) is 29.3 Å². The number of hydrogen-bond acceptors (Lipinski definition) is 2. The van der Waals surface area contributed by atoms with Gasteiger partial charge in [-0.3, -0.25) is 0 Å². The van der Waals surface area contributed by atoms with E-state index in [1.807, 2.05) is 6.07 Å². The van der Waals surface area contributed by atoms with Gasteiger partial charge < -0.3 is 10.6 Å². The molecule has 2 bridgehead atoms. The lowest BCUT2D eigenvalue weighted by atomic mass is 9.75. The molecule has 92 valence electrons. The van der Waals surface area contributed by atoms with Gasteiger partial charge in [0, 0.05) is 24.8 Å². The summed E-state index contributed by atoms with van der Waals surface area (Å²) in [5.74, 6) is 1.25. The van der Waals surface area contributed by atoms with Crippen molar-refractivity contribution in [2.24, 2.45) is 17.6 Å². The Bertz CT molecular complexity index is 389. The summed E-state index contributed by atoms with van der Waals surface area (Å²) in [4.78, 5) is 2.33. The van der Waals surface area contributed by atoms with Crippen molar-refractivity contribution in [3.05, 3.63) is 30.1 Å². The number of rotatable bonds is 1. The van der Waals surface area contributed by atoms with Crippen molar-refractivity contribution < 1.29 is 4.39 Å². The maximum atomic E-state index is 13.2. The number of nitrogens with two attached hydrogens (primary N) is 1. The van der Waals surface area contributed by atoms with Gasteiger partial charge in [-0.05, 0) is 49.3 Å². The predicted octanol–water partition coefficient (Wildman–Crippen LogP) is 2.39. The Hall–Kier alpha value is -1.09. The lowest BCUT2D eigenvalue weighted by Gasteiger charge is -2.44. The van der Waals surface area contributed by atoms with Crippen LogP contribution in [-0.4, -0.2) is 19.1 Å². The molecule has 1 aliphatic carbocycles. The van der Waals surface area contributed by atoms with Crippen LogP contribution >= 0.6 is 0 Å². The summed E-state index contributed by atoms with van der Waals surface area (Å²) < 4.78 is 13.2. The average molecular weight is 234 g/mol. The third kappa shape index (κ3) is 2.29. The third-order valence-electron chi connectivity index (χ3n) is 4.07. The smallest absolute Gasteiger partial charge is 0.125 e. The molecule has 3 heteroatoms. The lowest BCUT2D eigenvalue weighted by molar-refractivity contribution is 0.208. The Balaban J connectivity index is 1.78. The number of benzene rings is 1. The van der Waals surface area contributed by atoms with Crippen molar-refractivity contribution in [1.82, 2.24) is 0 Å². The first kappa shape index (κ1) is 11.0.